The molecule has 4 heteroatoms. The molecule has 0 spiro atoms. The van der Waals surface area contributed by atoms with Crippen molar-refractivity contribution in [3.05, 3.63) is 35.3 Å². The van der Waals surface area contributed by atoms with E-state index in [4.69, 9.17) is 0 Å². The van der Waals surface area contributed by atoms with Crippen LogP contribution in [0.1, 0.15) is 11.6 Å². The lowest BCUT2D eigenvalue weighted by molar-refractivity contribution is -0.606. The lowest BCUT2D eigenvalue weighted by Gasteiger charge is -2.23. The highest BCUT2D eigenvalue weighted by Crippen LogP contribution is 2.10. The Labute approximate surface area is 77.2 Å². The molecule has 1 aromatic rings. The predicted octanol–water partition coefficient (Wildman–Crippen LogP) is -0.446. The molecule has 1 aliphatic heterocycles. The standard InChI is InChI=1S/C9H13N3O/c13-12-5-1-2-8(7-12)9-6-10-3-4-11-9/h1-2,5,7,9-11H,3-4,6H2. The van der Waals surface area contributed by atoms with Gasteiger partial charge in [-0.05, 0) is 6.07 Å². The van der Waals surface area contributed by atoms with E-state index in [2.05, 4.69) is 10.6 Å². The van der Waals surface area contributed by atoms with Crippen LogP contribution in [0.25, 0.3) is 0 Å². The maximum Gasteiger partial charge on any atom is 0.185 e. The first-order chi connectivity index (χ1) is 6.36. The Hall–Kier alpha value is -1.13. The Morgan fingerprint density at radius 2 is 2.38 bits per heavy atom. The van der Waals surface area contributed by atoms with Gasteiger partial charge < -0.3 is 15.8 Å². The number of aromatic nitrogens is 1. The van der Waals surface area contributed by atoms with Crippen LogP contribution in [0, 0.1) is 5.21 Å². The minimum Gasteiger partial charge on any atom is -0.619 e. The third-order valence-electron chi connectivity index (χ3n) is 2.24. The topological polar surface area (TPSA) is 51.0 Å². The van der Waals surface area contributed by atoms with Crippen LogP contribution in [0.15, 0.2) is 24.5 Å². The highest BCUT2D eigenvalue weighted by atomic mass is 16.5. The number of piperazine rings is 1. The monoisotopic (exact) mass is 179 g/mol. The molecule has 1 fully saturated rings. The summed E-state index contributed by atoms with van der Waals surface area (Å²) in [6, 6.07) is 4.02. The van der Waals surface area contributed by atoms with Gasteiger partial charge in [0.05, 0.1) is 6.04 Å². The third kappa shape index (κ3) is 1.96. The van der Waals surface area contributed by atoms with E-state index in [1.807, 2.05) is 6.07 Å². The molecule has 0 bridgehead atoms. The molecule has 70 valence electrons. The first kappa shape index (κ1) is 8.47. The Balaban J connectivity index is 2.14. The van der Waals surface area contributed by atoms with E-state index in [0.717, 1.165) is 29.9 Å². The highest BCUT2D eigenvalue weighted by Gasteiger charge is 2.15. The van der Waals surface area contributed by atoms with Gasteiger partial charge in [0.2, 0.25) is 0 Å². The number of nitrogens with one attached hydrogen (secondary N) is 2. The van der Waals surface area contributed by atoms with Crippen LogP contribution in [0.3, 0.4) is 0 Å². The molecular weight excluding hydrogens is 166 g/mol. The Kier molecular flexibility index (Phi) is 2.42. The van der Waals surface area contributed by atoms with Crippen LogP contribution in [0.2, 0.25) is 0 Å². The van der Waals surface area contributed by atoms with E-state index in [-0.39, 0.29) is 6.04 Å². The second kappa shape index (κ2) is 3.72. The smallest absolute Gasteiger partial charge is 0.185 e. The van der Waals surface area contributed by atoms with Crippen LogP contribution in [0.5, 0.6) is 0 Å². The van der Waals surface area contributed by atoms with Gasteiger partial charge >= 0.3 is 0 Å². The summed E-state index contributed by atoms with van der Waals surface area (Å²) in [5.74, 6) is 0. The minimum atomic E-state index is 0.273. The quantitative estimate of drug-likeness (QED) is 0.453. The van der Waals surface area contributed by atoms with E-state index < -0.39 is 0 Å². The third-order valence-corrected chi connectivity index (χ3v) is 2.24. The van der Waals surface area contributed by atoms with Crippen molar-refractivity contribution in [1.29, 1.82) is 0 Å². The summed E-state index contributed by atoms with van der Waals surface area (Å²) in [4.78, 5) is 0. The first-order valence-electron chi connectivity index (χ1n) is 4.49. The van der Waals surface area contributed by atoms with E-state index in [9.17, 15) is 5.21 Å². The number of pyridine rings is 1. The largest absolute Gasteiger partial charge is 0.619 e. The molecule has 0 radical (unpaired) electrons. The SMILES string of the molecule is [O-][n+]1cccc(C2CNCCN2)c1. The van der Waals surface area contributed by atoms with Gasteiger partial charge in [-0.1, -0.05) is 0 Å². The van der Waals surface area contributed by atoms with Gasteiger partial charge in [0.25, 0.3) is 0 Å². The molecule has 0 aliphatic carbocycles. The summed E-state index contributed by atoms with van der Waals surface area (Å²) in [5.41, 5.74) is 1.05. The van der Waals surface area contributed by atoms with Crippen molar-refractivity contribution in [1.82, 2.24) is 10.6 Å². The zero-order valence-electron chi connectivity index (χ0n) is 7.36. The molecule has 0 saturated carbocycles. The Morgan fingerprint density at radius 3 is 3.08 bits per heavy atom. The highest BCUT2D eigenvalue weighted by molar-refractivity contribution is 5.12. The summed E-state index contributed by atoms with van der Waals surface area (Å²) >= 11 is 0. The van der Waals surface area contributed by atoms with E-state index in [0.29, 0.717) is 0 Å². The minimum absolute atomic E-state index is 0.273. The first-order valence-corrected chi connectivity index (χ1v) is 4.49. The lowest BCUT2D eigenvalue weighted by Crippen LogP contribution is -2.43. The molecule has 2 rings (SSSR count). The van der Waals surface area contributed by atoms with Crippen LogP contribution in [-0.2, 0) is 0 Å². The van der Waals surface area contributed by atoms with Crippen molar-refractivity contribution in [2.45, 2.75) is 6.04 Å². The van der Waals surface area contributed by atoms with Crippen LogP contribution in [-0.4, -0.2) is 19.6 Å². The molecule has 0 aromatic carbocycles. The van der Waals surface area contributed by atoms with Gasteiger partial charge in [0.15, 0.2) is 12.4 Å². The van der Waals surface area contributed by atoms with Gasteiger partial charge in [-0.25, -0.2) is 0 Å². The van der Waals surface area contributed by atoms with Gasteiger partial charge in [-0.3, -0.25) is 0 Å². The summed E-state index contributed by atoms with van der Waals surface area (Å²) in [6.07, 6.45) is 3.12. The zero-order valence-corrected chi connectivity index (χ0v) is 7.36. The number of nitrogens with zero attached hydrogens (tertiary/aromatic N) is 1. The maximum absolute atomic E-state index is 11.0. The van der Waals surface area contributed by atoms with Crippen LogP contribution >= 0.6 is 0 Å². The van der Waals surface area contributed by atoms with Gasteiger partial charge in [0, 0.05) is 31.3 Å². The average Bonchev–Trinajstić information content (AvgIpc) is 2.19. The van der Waals surface area contributed by atoms with Crippen molar-refractivity contribution in [2.24, 2.45) is 0 Å². The molecule has 2 N–H and O–H groups in total. The van der Waals surface area contributed by atoms with Crippen molar-refractivity contribution in [2.75, 3.05) is 19.6 Å². The number of rotatable bonds is 1. The molecule has 0 amide bonds. The van der Waals surface area contributed by atoms with Crippen molar-refractivity contribution in [3.63, 3.8) is 0 Å². The molecule has 2 heterocycles. The van der Waals surface area contributed by atoms with Gasteiger partial charge in [0.1, 0.15) is 0 Å². The molecule has 1 saturated heterocycles. The van der Waals surface area contributed by atoms with Gasteiger partial charge in [-0.15, -0.1) is 0 Å². The summed E-state index contributed by atoms with van der Waals surface area (Å²) in [5, 5.41) is 17.6. The zero-order chi connectivity index (χ0) is 9.10. The fourth-order valence-electron chi connectivity index (χ4n) is 1.57. The number of hydrogen-bond donors (Lipinski definition) is 2. The molecule has 4 nitrogen and oxygen atoms in total. The molecule has 1 aromatic heterocycles. The Bertz CT molecular complexity index is 284. The number of hydrogen-bond acceptors (Lipinski definition) is 3. The normalized spacial score (nSPS) is 22.9. The van der Waals surface area contributed by atoms with Crippen molar-refractivity contribution in [3.8, 4) is 0 Å². The van der Waals surface area contributed by atoms with E-state index in [1.54, 1.807) is 12.3 Å². The van der Waals surface area contributed by atoms with Gasteiger partial charge in [-0.2, -0.15) is 4.73 Å². The van der Waals surface area contributed by atoms with Crippen LogP contribution < -0.4 is 15.4 Å². The Morgan fingerprint density at radius 1 is 1.46 bits per heavy atom. The lowest BCUT2D eigenvalue weighted by atomic mass is 10.1. The summed E-state index contributed by atoms with van der Waals surface area (Å²) < 4.78 is 0.839. The molecule has 1 unspecified atom stereocenters. The second-order valence-corrected chi connectivity index (χ2v) is 3.21. The van der Waals surface area contributed by atoms with Crippen molar-refractivity contribution < 1.29 is 4.73 Å². The van der Waals surface area contributed by atoms with Crippen molar-refractivity contribution >= 4 is 0 Å². The average molecular weight is 179 g/mol. The summed E-state index contributed by atoms with van der Waals surface area (Å²) in [7, 11) is 0. The van der Waals surface area contributed by atoms with E-state index >= 15 is 0 Å². The molecule has 1 atom stereocenters. The second-order valence-electron chi connectivity index (χ2n) is 3.21. The maximum atomic E-state index is 11.0. The predicted molar refractivity (Wildman–Crippen MR) is 49.0 cm³/mol. The fourth-order valence-corrected chi connectivity index (χ4v) is 1.57. The molecular formula is C9H13N3O. The molecule has 1 aliphatic rings. The van der Waals surface area contributed by atoms with Crippen LogP contribution in [0.4, 0.5) is 0 Å². The summed E-state index contributed by atoms with van der Waals surface area (Å²) in [6.45, 7) is 2.85. The molecule has 13 heavy (non-hydrogen) atoms. The van der Waals surface area contributed by atoms with E-state index in [1.165, 1.54) is 6.20 Å². The fraction of sp³-hybridized carbons (Fsp3) is 0.444.